The standard InChI is InChI=1S/C18H31N3O3S/c1-6-21(11-19)17(22)15(10-25-5)20-18(23)24-16-9-13(4)7-8-14(16)12(2)3/h12-16H,6-10H2,1-5H3,(H,20,23). The molecule has 1 aliphatic rings. The predicted octanol–water partition coefficient (Wildman–Crippen LogP) is 3.23. The van der Waals surface area contributed by atoms with Gasteiger partial charge in [0.25, 0.3) is 5.91 Å². The van der Waals surface area contributed by atoms with Crippen LogP contribution < -0.4 is 5.32 Å². The number of nitrogens with zero attached hydrogens (tertiary/aromatic N) is 2. The highest BCUT2D eigenvalue weighted by Gasteiger charge is 2.34. The van der Waals surface area contributed by atoms with Crippen LogP contribution in [0, 0.1) is 29.2 Å². The normalized spacial score (nSPS) is 24.3. The van der Waals surface area contributed by atoms with Gasteiger partial charge in [-0.25, -0.2) is 9.69 Å². The zero-order valence-corrected chi connectivity index (χ0v) is 16.8. The Morgan fingerprint density at radius 2 is 2.08 bits per heavy atom. The monoisotopic (exact) mass is 369 g/mol. The molecule has 0 saturated heterocycles. The van der Waals surface area contributed by atoms with Gasteiger partial charge in [0.05, 0.1) is 0 Å². The number of hydrogen-bond donors (Lipinski definition) is 1. The maximum atomic E-state index is 12.4. The number of rotatable bonds is 7. The Hall–Kier alpha value is -1.42. The van der Waals surface area contributed by atoms with Gasteiger partial charge in [0.1, 0.15) is 12.1 Å². The highest BCUT2D eigenvalue weighted by molar-refractivity contribution is 7.98. The van der Waals surface area contributed by atoms with Crippen molar-refractivity contribution >= 4 is 23.8 Å². The molecule has 1 N–H and O–H groups in total. The molecule has 0 aromatic rings. The fourth-order valence-corrected chi connectivity index (χ4v) is 3.93. The fraction of sp³-hybridized carbons (Fsp3) is 0.833. The zero-order valence-electron chi connectivity index (χ0n) is 15.9. The average molecular weight is 370 g/mol. The van der Waals surface area contributed by atoms with Crippen LogP contribution in [-0.4, -0.2) is 47.6 Å². The first kappa shape index (κ1) is 21.6. The Bertz CT molecular complexity index is 492. The highest BCUT2D eigenvalue weighted by Crippen LogP contribution is 2.35. The number of ether oxygens (including phenoxy) is 1. The number of thioether (sulfide) groups is 1. The molecule has 7 heteroatoms. The summed E-state index contributed by atoms with van der Waals surface area (Å²) >= 11 is 1.44. The van der Waals surface area contributed by atoms with Gasteiger partial charge in [0.2, 0.25) is 0 Å². The molecule has 0 aliphatic heterocycles. The predicted molar refractivity (Wildman–Crippen MR) is 99.9 cm³/mol. The number of hydrogen-bond acceptors (Lipinski definition) is 5. The molecule has 0 aromatic heterocycles. The van der Waals surface area contributed by atoms with Crippen molar-refractivity contribution in [3.8, 4) is 6.19 Å². The summed E-state index contributed by atoms with van der Waals surface area (Å²) in [4.78, 5) is 25.8. The summed E-state index contributed by atoms with van der Waals surface area (Å²) in [5.74, 6) is 1.34. The Labute approximate surface area is 155 Å². The van der Waals surface area contributed by atoms with E-state index in [2.05, 4.69) is 26.1 Å². The van der Waals surface area contributed by atoms with Gasteiger partial charge in [-0.3, -0.25) is 4.79 Å². The molecule has 0 aromatic carbocycles. The van der Waals surface area contributed by atoms with E-state index in [0.29, 0.717) is 23.5 Å². The van der Waals surface area contributed by atoms with E-state index in [0.717, 1.165) is 24.2 Å². The molecule has 0 bridgehead atoms. The second-order valence-electron chi connectivity index (χ2n) is 7.10. The summed E-state index contributed by atoms with van der Waals surface area (Å²) in [6.45, 7) is 8.50. The molecule has 25 heavy (non-hydrogen) atoms. The van der Waals surface area contributed by atoms with Gasteiger partial charge in [-0.15, -0.1) is 0 Å². The van der Waals surface area contributed by atoms with E-state index in [1.54, 1.807) is 6.92 Å². The third-order valence-electron chi connectivity index (χ3n) is 4.85. The van der Waals surface area contributed by atoms with Crippen molar-refractivity contribution in [3.05, 3.63) is 0 Å². The van der Waals surface area contributed by atoms with Gasteiger partial charge in [0, 0.05) is 12.3 Å². The molecule has 1 saturated carbocycles. The second kappa shape index (κ2) is 10.5. The van der Waals surface area contributed by atoms with Crippen molar-refractivity contribution in [2.24, 2.45) is 17.8 Å². The summed E-state index contributed by atoms with van der Waals surface area (Å²) in [5, 5.41) is 11.7. The number of likely N-dealkylation sites (N-methyl/N-ethyl adjacent to an activating group) is 1. The molecule has 0 heterocycles. The minimum atomic E-state index is -0.749. The summed E-state index contributed by atoms with van der Waals surface area (Å²) < 4.78 is 5.70. The van der Waals surface area contributed by atoms with Gasteiger partial charge in [-0.2, -0.15) is 17.0 Å². The molecule has 142 valence electrons. The maximum Gasteiger partial charge on any atom is 0.408 e. The van der Waals surface area contributed by atoms with Crippen molar-refractivity contribution in [1.82, 2.24) is 10.2 Å². The average Bonchev–Trinajstić information content (AvgIpc) is 2.55. The first-order chi connectivity index (χ1) is 11.8. The van der Waals surface area contributed by atoms with Crippen molar-refractivity contribution in [2.45, 2.75) is 59.1 Å². The van der Waals surface area contributed by atoms with E-state index in [4.69, 9.17) is 10.00 Å². The topological polar surface area (TPSA) is 82.4 Å². The van der Waals surface area contributed by atoms with E-state index in [1.807, 2.05) is 12.4 Å². The Morgan fingerprint density at radius 1 is 1.40 bits per heavy atom. The summed E-state index contributed by atoms with van der Waals surface area (Å²) in [6, 6.07) is -0.749. The van der Waals surface area contributed by atoms with Crippen LogP contribution in [0.5, 0.6) is 0 Å². The third-order valence-corrected chi connectivity index (χ3v) is 5.51. The van der Waals surface area contributed by atoms with Crippen LogP contribution >= 0.6 is 11.8 Å². The molecule has 2 amide bonds. The van der Waals surface area contributed by atoms with Crippen LogP contribution in [0.4, 0.5) is 4.79 Å². The van der Waals surface area contributed by atoms with Crippen LogP contribution in [-0.2, 0) is 9.53 Å². The molecule has 1 rings (SSSR count). The lowest BCUT2D eigenvalue weighted by atomic mass is 9.75. The summed E-state index contributed by atoms with van der Waals surface area (Å²) in [5.41, 5.74) is 0. The lowest BCUT2D eigenvalue weighted by molar-refractivity contribution is -0.129. The van der Waals surface area contributed by atoms with E-state index in [-0.39, 0.29) is 12.6 Å². The van der Waals surface area contributed by atoms with E-state index in [9.17, 15) is 9.59 Å². The highest BCUT2D eigenvalue weighted by atomic mass is 32.2. The van der Waals surface area contributed by atoms with Crippen molar-refractivity contribution < 1.29 is 14.3 Å². The number of carbonyl (C=O) groups excluding carboxylic acids is 2. The van der Waals surface area contributed by atoms with Gasteiger partial charge in [-0.1, -0.05) is 27.2 Å². The van der Waals surface area contributed by atoms with Crippen LogP contribution in [0.15, 0.2) is 0 Å². The van der Waals surface area contributed by atoms with E-state index >= 15 is 0 Å². The summed E-state index contributed by atoms with van der Waals surface area (Å²) in [7, 11) is 0. The first-order valence-corrected chi connectivity index (χ1v) is 10.4. The Morgan fingerprint density at radius 3 is 2.60 bits per heavy atom. The number of nitrogens with one attached hydrogen (secondary N) is 1. The van der Waals surface area contributed by atoms with Crippen LogP contribution in [0.2, 0.25) is 0 Å². The van der Waals surface area contributed by atoms with Crippen LogP contribution in [0.1, 0.15) is 47.0 Å². The molecular formula is C18H31N3O3S. The second-order valence-corrected chi connectivity index (χ2v) is 8.02. The Balaban J connectivity index is 2.73. The third kappa shape index (κ3) is 6.43. The minimum Gasteiger partial charge on any atom is -0.446 e. The molecule has 6 nitrogen and oxygen atoms in total. The van der Waals surface area contributed by atoms with Crippen molar-refractivity contribution in [1.29, 1.82) is 5.26 Å². The zero-order chi connectivity index (χ0) is 19.0. The molecule has 0 radical (unpaired) electrons. The summed E-state index contributed by atoms with van der Waals surface area (Å²) in [6.07, 6.45) is 6.10. The van der Waals surface area contributed by atoms with E-state index < -0.39 is 18.0 Å². The number of carbonyl (C=O) groups is 2. The minimum absolute atomic E-state index is 0.118. The van der Waals surface area contributed by atoms with Crippen molar-refractivity contribution in [3.63, 3.8) is 0 Å². The molecule has 1 fully saturated rings. The van der Waals surface area contributed by atoms with Gasteiger partial charge in [-0.05, 0) is 43.8 Å². The van der Waals surface area contributed by atoms with Gasteiger partial charge in [0.15, 0.2) is 6.19 Å². The molecular weight excluding hydrogens is 338 g/mol. The largest absolute Gasteiger partial charge is 0.446 e. The lowest BCUT2D eigenvalue weighted by Gasteiger charge is -2.36. The number of amides is 2. The van der Waals surface area contributed by atoms with Crippen molar-refractivity contribution in [2.75, 3.05) is 18.6 Å². The van der Waals surface area contributed by atoms with E-state index in [1.165, 1.54) is 11.8 Å². The Kier molecular flexibility index (Phi) is 9.12. The molecule has 4 atom stereocenters. The fourth-order valence-electron chi connectivity index (χ4n) is 3.37. The smallest absolute Gasteiger partial charge is 0.408 e. The van der Waals surface area contributed by atoms with Crippen LogP contribution in [0.3, 0.4) is 0 Å². The molecule has 4 unspecified atom stereocenters. The van der Waals surface area contributed by atoms with Gasteiger partial charge >= 0.3 is 6.09 Å². The molecule has 0 spiro atoms. The number of nitriles is 1. The SMILES string of the molecule is CCN(C#N)C(=O)C(CSC)NC(=O)OC1CC(C)CCC1C(C)C. The lowest BCUT2D eigenvalue weighted by Crippen LogP contribution is -2.50. The first-order valence-electron chi connectivity index (χ1n) is 9.01. The van der Waals surface area contributed by atoms with Gasteiger partial charge < -0.3 is 10.1 Å². The maximum absolute atomic E-state index is 12.4. The number of alkyl carbamates (subject to hydrolysis) is 1. The quantitative estimate of drug-likeness (QED) is 0.550. The molecule has 1 aliphatic carbocycles. The van der Waals surface area contributed by atoms with Crippen LogP contribution in [0.25, 0.3) is 0 Å².